The molecule has 12 heteroatoms. The van der Waals surface area contributed by atoms with Crippen LogP contribution in [0.2, 0.25) is 0 Å². The fourth-order valence-corrected chi connectivity index (χ4v) is 5.51. The number of aromatic nitrogens is 4. The second-order valence-corrected chi connectivity index (χ2v) is 9.25. The Bertz CT molecular complexity index is 1320. The zero-order valence-electron chi connectivity index (χ0n) is 18.5. The molecule has 0 bridgehead atoms. The standard InChI is InChI=1S/C23H21F3N6O3/c24-23(25,26)18-2-1-7-31(18)20(33)12-32-17-5-6-27-10-14(17)22(21(32)34)8-13(9-22)35-19-4-3-15-16(29-19)11-28-30-15/h3-6,10-11,13,18H,1-2,7-9,12H2,(H,28,30)/t13?,18-,22?/m0/s1. The second kappa shape index (κ2) is 7.65. The highest BCUT2D eigenvalue weighted by molar-refractivity contribution is 6.11. The maximum Gasteiger partial charge on any atom is 0.408 e. The molecule has 3 aromatic rings. The van der Waals surface area contributed by atoms with Crippen molar-refractivity contribution in [3.05, 3.63) is 42.4 Å². The van der Waals surface area contributed by atoms with Gasteiger partial charge in [0.15, 0.2) is 0 Å². The van der Waals surface area contributed by atoms with Gasteiger partial charge in [0.05, 0.1) is 22.8 Å². The van der Waals surface area contributed by atoms with E-state index in [1.54, 1.807) is 30.6 Å². The van der Waals surface area contributed by atoms with Crippen LogP contribution in [0.1, 0.15) is 31.2 Å². The molecule has 3 aliphatic rings. The lowest BCUT2D eigenvalue weighted by molar-refractivity contribution is -0.182. The van der Waals surface area contributed by atoms with E-state index in [1.807, 2.05) is 0 Å². The Kier molecular flexibility index (Phi) is 4.77. The smallest absolute Gasteiger partial charge is 0.408 e. The maximum atomic E-state index is 13.6. The maximum absolute atomic E-state index is 13.6. The number of nitrogens with one attached hydrogen (secondary N) is 1. The summed E-state index contributed by atoms with van der Waals surface area (Å²) in [5.41, 5.74) is 1.70. The fraction of sp³-hybridized carbons (Fsp3) is 0.435. The van der Waals surface area contributed by atoms with Gasteiger partial charge in [0.2, 0.25) is 17.7 Å². The first kappa shape index (κ1) is 21.8. The van der Waals surface area contributed by atoms with Gasteiger partial charge in [0.1, 0.15) is 24.2 Å². The number of halogens is 3. The molecule has 0 unspecified atom stereocenters. The van der Waals surface area contributed by atoms with Gasteiger partial charge in [0.25, 0.3) is 0 Å². The summed E-state index contributed by atoms with van der Waals surface area (Å²) in [5, 5.41) is 6.75. The molecule has 35 heavy (non-hydrogen) atoms. The van der Waals surface area contributed by atoms with E-state index >= 15 is 0 Å². The molecule has 0 radical (unpaired) electrons. The van der Waals surface area contributed by atoms with Crippen LogP contribution in [0.3, 0.4) is 0 Å². The van der Waals surface area contributed by atoms with E-state index < -0.39 is 30.1 Å². The summed E-state index contributed by atoms with van der Waals surface area (Å²) in [6.45, 7) is -0.405. The molecular weight excluding hydrogens is 465 g/mol. The van der Waals surface area contributed by atoms with E-state index in [4.69, 9.17) is 4.74 Å². The number of alkyl halides is 3. The molecule has 1 saturated carbocycles. The van der Waals surface area contributed by atoms with Crippen molar-refractivity contribution in [1.82, 2.24) is 25.1 Å². The molecule has 2 fully saturated rings. The zero-order valence-corrected chi connectivity index (χ0v) is 18.5. The third-order valence-electron chi connectivity index (χ3n) is 7.21. The average Bonchev–Trinajstić information content (AvgIpc) is 3.52. The molecule has 1 atom stereocenters. The SMILES string of the molecule is O=C(CN1C(=O)C2(CC(Oc3ccc4[nH]ncc4n3)C2)c2cnccc21)N1CCC[C@H]1C(F)(F)F. The van der Waals surface area contributed by atoms with Crippen molar-refractivity contribution in [1.29, 1.82) is 0 Å². The van der Waals surface area contributed by atoms with E-state index in [9.17, 15) is 22.8 Å². The summed E-state index contributed by atoms with van der Waals surface area (Å²) in [4.78, 5) is 37.2. The van der Waals surface area contributed by atoms with Gasteiger partial charge in [-0.3, -0.25) is 19.7 Å². The summed E-state index contributed by atoms with van der Waals surface area (Å²) in [6.07, 6.45) is 0.794. The zero-order chi connectivity index (χ0) is 24.4. The highest BCUT2D eigenvalue weighted by Gasteiger charge is 2.60. The number of rotatable bonds is 4. The van der Waals surface area contributed by atoms with Crippen molar-refractivity contribution in [2.75, 3.05) is 18.0 Å². The van der Waals surface area contributed by atoms with Gasteiger partial charge in [-0.2, -0.15) is 18.3 Å². The Morgan fingerprint density at radius 1 is 1.23 bits per heavy atom. The molecule has 1 spiro atoms. The molecule has 1 aliphatic carbocycles. The van der Waals surface area contributed by atoms with Crippen LogP contribution in [-0.4, -0.2) is 68.3 Å². The highest BCUT2D eigenvalue weighted by Crippen LogP contribution is 2.54. The number of likely N-dealkylation sites (tertiary alicyclic amines) is 1. The third kappa shape index (κ3) is 3.41. The predicted molar refractivity (Wildman–Crippen MR) is 117 cm³/mol. The number of nitrogens with zero attached hydrogens (tertiary/aromatic N) is 5. The summed E-state index contributed by atoms with van der Waals surface area (Å²) in [5.74, 6) is -0.604. The van der Waals surface area contributed by atoms with Gasteiger partial charge in [-0.05, 0) is 25.0 Å². The van der Waals surface area contributed by atoms with Gasteiger partial charge in [0, 0.05) is 43.4 Å². The topological polar surface area (TPSA) is 104 Å². The lowest BCUT2D eigenvalue weighted by atomic mass is 9.63. The van der Waals surface area contributed by atoms with Crippen LogP contribution in [0, 0.1) is 0 Å². The Balaban J connectivity index is 1.20. The number of ether oxygens (including phenoxy) is 1. The molecule has 1 saturated heterocycles. The van der Waals surface area contributed by atoms with Crippen LogP contribution < -0.4 is 9.64 Å². The van der Waals surface area contributed by atoms with Crippen LogP contribution in [0.4, 0.5) is 18.9 Å². The minimum atomic E-state index is -4.49. The first-order valence-electron chi connectivity index (χ1n) is 11.4. The molecule has 2 amide bonds. The minimum Gasteiger partial charge on any atom is -0.474 e. The van der Waals surface area contributed by atoms with Crippen LogP contribution in [-0.2, 0) is 15.0 Å². The van der Waals surface area contributed by atoms with Crippen LogP contribution in [0.15, 0.2) is 36.8 Å². The molecular formula is C23H21F3N6O3. The van der Waals surface area contributed by atoms with E-state index in [2.05, 4.69) is 20.2 Å². The monoisotopic (exact) mass is 486 g/mol. The van der Waals surface area contributed by atoms with Crippen molar-refractivity contribution >= 4 is 28.5 Å². The van der Waals surface area contributed by atoms with Crippen molar-refractivity contribution in [3.8, 4) is 5.88 Å². The number of fused-ring (bicyclic) bond motifs is 3. The largest absolute Gasteiger partial charge is 0.474 e. The van der Waals surface area contributed by atoms with Gasteiger partial charge in [-0.25, -0.2) is 4.98 Å². The molecule has 5 heterocycles. The molecule has 0 aromatic carbocycles. The normalized spacial score (nSPS) is 25.9. The summed E-state index contributed by atoms with van der Waals surface area (Å²) in [6, 6.07) is 3.34. The van der Waals surface area contributed by atoms with Crippen LogP contribution >= 0.6 is 0 Å². The lowest BCUT2D eigenvalue weighted by Crippen LogP contribution is -2.55. The Labute approximate surface area is 197 Å². The predicted octanol–water partition coefficient (Wildman–Crippen LogP) is 2.73. The molecule has 9 nitrogen and oxygen atoms in total. The first-order chi connectivity index (χ1) is 16.8. The molecule has 1 N–H and O–H groups in total. The number of carbonyl (C=O) groups is 2. The Morgan fingerprint density at radius 3 is 2.86 bits per heavy atom. The van der Waals surface area contributed by atoms with Crippen molar-refractivity contribution < 1.29 is 27.5 Å². The van der Waals surface area contributed by atoms with Crippen LogP contribution in [0.25, 0.3) is 11.0 Å². The summed E-state index contributed by atoms with van der Waals surface area (Å²) in [7, 11) is 0. The second-order valence-electron chi connectivity index (χ2n) is 9.25. The molecule has 3 aromatic heterocycles. The number of hydrogen-bond donors (Lipinski definition) is 1. The number of carbonyl (C=O) groups excluding carboxylic acids is 2. The number of anilines is 1. The number of amides is 2. The van der Waals surface area contributed by atoms with Gasteiger partial charge < -0.3 is 14.5 Å². The number of H-pyrrole nitrogens is 1. The molecule has 2 aliphatic heterocycles. The van der Waals surface area contributed by atoms with Gasteiger partial charge >= 0.3 is 6.18 Å². The number of aromatic amines is 1. The Hall–Kier alpha value is -3.70. The van der Waals surface area contributed by atoms with Gasteiger partial charge in [-0.15, -0.1) is 0 Å². The Morgan fingerprint density at radius 2 is 2.06 bits per heavy atom. The first-order valence-corrected chi connectivity index (χ1v) is 11.4. The van der Waals surface area contributed by atoms with E-state index in [0.717, 1.165) is 10.4 Å². The summed E-state index contributed by atoms with van der Waals surface area (Å²) >= 11 is 0. The molecule has 182 valence electrons. The molecule has 6 rings (SSSR count). The summed E-state index contributed by atoms with van der Waals surface area (Å²) < 4.78 is 46.1. The van der Waals surface area contributed by atoms with Crippen molar-refractivity contribution in [2.45, 2.75) is 49.4 Å². The number of hydrogen-bond acceptors (Lipinski definition) is 6. The highest BCUT2D eigenvalue weighted by atomic mass is 19.4. The van der Waals surface area contributed by atoms with Crippen LogP contribution in [0.5, 0.6) is 5.88 Å². The average molecular weight is 486 g/mol. The van der Waals surface area contributed by atoms with E-state index in [-0.39, 0.29) is 31.4 Å². The van der Waals surface area contributed by atoms with Crippen molar-refractivity contribution in [3.63, 3.8) is 0 Å². The lowest BCUT2D eigenvalue weighted by Gasteiger charge is -2.43. The van der Waals surface area contributed by atoms with Crippen molar-refractivity contribution in [2.24, 2.45) is 0 Å². The van der Waals surface area contributed by atoms with Gasteiger partial charge in [-0.1, -0.05) is 0 Å². The van der Waals surface area contributed by atoms with E-state index in [0.29, 0.717) is 35.5 Å². The van der Waals surface area contributed by atoms with E-state index in [1.165, 1.54) is 11.1 Å². The minimum absolute atomic E-state index is 0.0311. The quantitative estimate of drug-likeness (QED) is 0.608. The third-order valence-corrected chi connectivity index (χ3v) is 7.21. The fourth-order valence-electron chi connectivity index (χ4n) is 5.51. The number of pyridine rings is 2.